The zero-order chi connectivity index (χ0) is 18.8. The van der Waals surface area contributed by atoms with Gasteiger partial charge in [-0.15, -0.1) is 24.0 Å². The number of carbonyl (C=O) groups excluding carboxylic acids is 1. The molecule has 1 aliphatic heterocycles. The Hall–Kier alpha value is -0.610. The van der Waals surface area contributed by atoms with Crippen LogP contribution < -0.4 is 10.6 Å². The monoisotopic (exact) mass is 495 g/mol. The number of nitrogens with one attached hydrogen (secondary N) is 2. The van der Waals surface area contributed by atoms with Gasteiger partial charge >= 0.3 is 0 Å². The first-order chi connectivity index (χ1) is 12.6. The maximum Gasteiger partial charge on any atom is 0.243 e. The summed E-state index contributed by atoms with van der Waals surface area (Å²) in [5, 5.41) is 7.00. The van der Waals surface area contributed by atoms with Crippen molar-refractivity contribution < 1.29 is 9.53 Å². The van der Waals surface area contributed by atoms with E-state index in [-0.39, 0.29) is 36.4 Å². The Bertz CT molecular complexity index is 455. The van der Waals surface area contributed by atoms with E-state index >= 15 is 0 Å². The molecule has 1 aliphatic carbocycles. The SMILES string of the molecule is CCC1CCCC(NC(=NCC(=O)N(C)C)NCCN2CCOCC2)C1.I. The number of likely N-dealkylation sites (N-methyl/N-ethyl adjacent to an activating group) is 1. The Morgan fingerprint density at radius 1 is 1.26 bits per heavy atom. The maximum absolute atomic E-state index is 11.9. The third-order valence-electron chi connectivity index (χ3n) is 5.40. The lowest BCUT2D eigenvalue weighted by Gasteiger charge is -2.31. The molecule has 158 valence electrons. The number of hydrogen-bond donors (Lipinski definition) is 2. The number of hydrogen-bond acceptors (Lipinski definition) is 4. The van der Waals surface area contributed by atoms with E-state index in [2.05, 4.69) is 27.4 Å². The minimum atomic E-state index is 0. The van der Waals surface area contributed by atoms with Crippen LogP contribution in [0.4, 0.5) is 0 Å². The van der Waals surface area contributed by atoms with Crippen LogP contribution in [0.3, 0.4) is 0 Å². The molecule has 2 unspecified atom stereocenters. The number of ether oxygens (including phenoxy) is 1. The van der Waals surface area contributed by atoms with Crippen LogP contribution >= 0.6 is 24.0 Å². The molecule has 2 rings (SSSR count). The van der Waals surface area contributed by atoms with Gasteiger partial charge in [-0.05, 0) is 18.8 Å². The van der Waals surface area contributed by atoms with Crippen molar-refractivity contribution in [1.82, 2.24) is 20.4 Å². The lowest BCUT2D eigenvalue weighted by atomic mass is 9.84. The predicted molar refractivity (Wildman–Crippen MR) is 121 cm³/mol. The van der Waals surface area contributed by atoms with Gasteiger partial charge in [-0.3, -0.25) is 9.69 Å². The third kappa shape index (κ3) is 9.43. The van der Waals surface area contributed by atoms with Crippen molar-refractivity contribution >= 4 is 35.8 Å². The van der Waals surface area contributed by atoms with Gasteiger partial charge in [0, 0.05) is 46.3 Å². The number of morpholine rings is 1. The molecule has 1 amide bonds. The van der Waals surface area contributed by atoms with Crippen molar-refractivity contribution in [2.24, 2.45) is 10.9 Å². The second-order valence-corrected chi connectivity index (χ2v) is 7.62. The summed E-state index contributed by atoms with van der Waals surface area (Å²) in [4.78, 5) is 20.4. The Labute approximate surface area is 181 Å². The van der Waals surface area contributed by atoms with Gasteiger partial charge in [0.05, 0.1) is 13.2 Å². The molecule has 2 fully saturated rings. The molecule has 8 heteroatoms. The molecule has 27 heavy (non-hydrogen) atoms. The lowest BCUT2D eigenvalue weighted by Crippen LogP contribution is -2.48. The number of halogens is 1. The first-order valence-electron chi connectivity index (χ1n) is 10.1. The second-order valence-electron chi connectivity index (χ2n) is 7.62. The molecule has 2 aliphatic rings. The fourth-order valence-corrected chi connectivity index (χ4v) is 3.58. The maximum atomic E-state index is 11.9. The molecule has 0 spiro atoms. The molecule has 1 saturated heterocycles. The zero-order valence-corrected chi connectivity index (χ0v) is 19.5. The van der Waals surface area contributed by atoms with Crippen molar-refractivity contribution in [3.05, 3.63) is 0 Å². The predicted octanol–water partition coefficient (Wildman–Crippen LogP) is 1.53. The van der Waals surface area contributed by atoms with Gasteiger partial charge in [-0.2, -0.15) is 0 Å². The normalized spacial score (nSPS) is 24.0. The van der Waals surface area contributed by atoms with Crippen LogP contribution in [0.2, 0.25) is 0 Å². The minimum Gasteiger partial charge on any atom is -0.379 e. The average Bonchev–Trinajstić information content (AvgIpc) is 2.66. The Balaban J connectivity index is 0.00000364. The van der Waals surface area contributed by atoms with Crippen LogP contribution in [0.5, 0.6) is 0 Å². The smallest absolute Gasteiger partial charge is 0.243 e. The molecular formula is C19H38IN5O2. The minimum absolute atomic E-state index is 0. The zero-order valence-electron chi connectivity index (χ0n) is 17.2. The summed E-state index contributed by atoms with van der Waals surface area (Å²) in [5.74, 6) is 1.60. The van der Waals surface area contributed by atoms with E-state index in [0.29, 0.717) is 6.04 Å². The number of aliphatic imine (C=N–C) groups is 1. The van der Waals surface area contributed by atoms with Crippen LogP contribution in [0.15, 0.2) is 4.99 Å². The lowest BCUT2D eigenvalue weighted by molar-refractivity contribution is -0.127. The van der Waals surface area contributed by atoms with Gasteiger partial charge in [0.15, 0.2) is 5.96 Å². The molecule has 0 aromatic rings. The van der Waals surface area contributed by atoms with Crippen LogP contribution in [0, 0.1) is 5.92 Å². The second kappa shape index (κ2) is 13.5. The molecule has 0 radical (unpaired) electrons. The van der Waals surface area contributed by atoms with E-state index < -0.39 is 0 Å². The molecule has 1 heterocycles. The van der Waals surface area contributed by atoms with Gasteiger partial charge in [0.1, 0.15) is 6.54 Å². The van der Waals surface area contributed by atoms with Gasteiger partial charge in [-0.1, -0.05) is 26.2 Å². The number of amides is 1. The summed E-state index contributed by atoms with van der Waals surface area (Å²) in [6.07, 6.45) is 6.23. The van der Waals surface area contributed by atoms with Crippen LogP contribution in [-0.4, -0.2) is 87.7 Å². The van der Waals surface area contributed by atoms with E-state index in [4.69, 9.17) is 4.74 Å². The summed E-state index contributed by atoms with van der Waals surface area (Å²) in [6.45, 7) is 7.86. The largest absolute Gasteiger partial charge is 0.379 e. The topological polar surface area (TPSA) is 69.2 Å². The summed E-state index contributed by atoms with van der Waals surface area (Å²) < 4.78 is 5.40. The van der Waals surface area contributed by atoms with Crippen molar-refractivity contribution in [3.8, 4) is 0 Å². The van der Waals surface area contributed by atoms with Gasteiger partial charge in [-0.25, -0.2) is 4.99 Å². The average molecular weight is 495 g/mol. The summed E-state index contributed by atoms with van der Waals surface area (Å²) in [7, 11) is 3.54. The number of nitrogens with zero attached hydrogens (tertiary/aromatic N) is 3. The van der Waals surface area contributed by atoms with E-state index in [1.165, 1.54) is 32.1 Å². The molecule has 0 aromatic heterocycles. The standard InChI is InChI=1S/C19H37N5O2.HI/c1-4-16-6-5-7-17(14-16)22-19(21-15-18(25)23(2)3)20-8-9-24-10-12-26-13-11-24;/h16-17H,4-15H2,1-3H3,(H2,20,21,22);1H. The number of rotatable bonds is 7. The summed E-state index contributed by atoms with van der Waals surface area (Å²) in [5.41, 5.74) is 0. The Kier molecular flexibility index (Phi) is 12.3. The molecule has 2 N–H and O–H groups in total. The highest BCUT2D eigenvalue weighted by atomic mass is 127. The van der Waals surface area contributed by atoms with Crippen molar-refractivity contribution in [2.45, 2.75) is 45.1 Å². The molecule has 2 atom stereocenters. The molecule has 0 aromatic carbocycles. The van der Waals surface area contributed by atoms with Gasteiger partial charge in [0.25, 0.3) is 0 Å². The first kappa shape index (κ1) is 24.4. The molecule has 1 saturated carbocycles. The molecular weight excluding hydrogens is 457 g/mol. The fourth-order valence-electron chi connectivity index (χ4n) is 3.58. The highest BCUT2D eigenvalue weighted by molar-refractivity contribution is 14.0. The van der Waals surface area contributed by atoms with Crippen molar-refractivity contribution in [1.29, 1.82) is 0 Å². The summed E-state index contributed by atoms with van der Waals surface area (Å²) >= 11 is 0. The van der Waals surface area contributed by atoms with Crippen LogP contribution in [-0.2, 0) is 9.53 Å². The Morgan fingerprint density at radius 2 is 2.00 bits per heavy atom. The van der Waals surface area contributed by atoms with E-state index in [9.17, 15) is 4.79 Å². The summed E-state index contributed by atoms with van der Waals surface area (Å²) in [6, 6.07) is 0.456. The fraction of sp³-hybridized carbons (Fsp3) is 0.895. The van der Waals surface area contributed by atoms with Crippen LogP contribution in [0.25, 0.3) is 0 Å². The number of guanidine groups is 1. The van der Waals surface area contributed by atoms with Crippen molar-refractivity contribution in [3.63, 3.8) is 0 Å². The van der Waals surface area contributed by atoms with E-state index in [1.807, 2.05) is 0 Å². The van der Waals surface area contributed by atoms with Crippen molar-refractivity contribution in [2.75, 3.05) is 60.0 Å². The molecule has 7 nitrogen and oxygen atoms in total. The number of carbonyl (C=O) groups is 1. The van der Waals surface area contributed by atoms with E-state index in [0.717, 1.165) is 51.3 Å². The van der Waals surface area contributed by atoms with Gasteiger partial charge in [0.2, 0.25) is 5.91 Å². The quantitative estimate of drug-likeness (QED) is 0.319. The van der Waals surface area contributed by atoms with Gasteiger partial charge < -0.3 is 20.3 Å². The first-order valence-corrected chi connectivity index (χ1v) is 10.1. The van der Waals surface area contributed by atoms with Crippen LogP contribution in [0.1, 0.15) is 39.0 Å². The third-order valence-corrected chi connectivity index (χ3v) is 5.40. The Morgan fingerprint density at radius 3 is 2.67 bits per heavy atom. The highest BCUT2D eigenvalue weighted by Gasteiger charge is 2.21. The van der Waals surface area contributed by atoms with E-state index in [1.54, 1.807) is 19.0 Å². The molecule has 0 bridgehead atoms. The highest BCUT2D eigenvalue weighted by Crippen LogP contribution is 2.26.